The summed E-state index contributed by atoms with van der Waals surface area (Å²) in [5, 5.41) is 40.0. The van der Waals surface area contributed by atoms with Gasteiger partial charge >= 0.3 is 0 Å². The number of aliphatic hydroxyl groups excluding tert-OH is 3. The molecule has 1 aromatic carbocycles. The van der Waals surface area contributed by atoms with Crippen molar-refractivity contribution < 1.29 is 15.3 Å². The van der Waals surface area contributed by atoms with Gasteiger partial charge < -0.3 is 26.0 Å². The molecular weight excluding hydrogens is 470 g/mol. The van der Waals surface area contributed by atoms with Crippen LogP contribution in [-0.2, 0) is 6.54 Å². The van der Waals surface area contributed by atoms with E-state index in [1.807, 2.05) is 31.2 Å². The largest absolute Gasteiger partial charge is 0.396 e. The number of aromatic nitrogens is 3. The third-order valence-electron chi connectivity index (χ3n) is 6.33. The lowest BCUT2D eigenvalue weighted by Crippen LogP contribution is -2.35. The summed E-state index contributed by atoms with van der Waals surface area (Å²) in [6.07, 6.45) is -1.57. The highest BCUT2D eigenvalue weighted by Crippen LogP contribution is 2.38. The van der Waals surface area contributed by atoms with Crippen LogP contribution >= 0.6 is 22.7 Å². The number of para-hydroxylation sites is 1. The lowest BCUT2D eigenvalue weighted by Gasteiger charge is -2.21. The van der Waals surface area contributed by atoms with Crippen molar-refractivity contribution >= 4 is 44.7 Å². The second-order valence-electron chi connectivity index (χ2n) is 8.63. The molecule has 0 radical (unpaired) electrons. The molecule has 34 heavy (non-hydrogen) atoms. The topological polar surface area (TPSA) is 123 Å². The van der Waals surface area contributed by atoms with E-state index in [1.54, 1.807) is 22.7 Å². The van der Waals surface area contributed by atoms with Crippen LogP contribution in [-0.4, -0.2) is 55.1 Å². The zero-order chi connectivity index (χ0) is 23.8. The second kappa shape index (κ2) is 9.55. The average molecular weight is 498 g/mol. The lowest BCUT2D eigenvalue weighted by molar-refractivity contribution is 0.00446. The fraction of sp³-hybridized carbons (Fsp3) is 0.375. The molecule has 0 amide bonds. The Morgan fingerprint density at radius 3 is 2.59 bits per heavy atom. The molecule has 1 saturated carbocycles. The maximum absolute atomic E-state index is 10.6. The normalized spacial score (nSPS) is 22.4. The summed E-state index contributed by atoms with van der Waals surface area (Å²) in [5.41, 5.74) is 3.65. The molecule has 0 aliphatic heterocycles. The monoisotopic (exact) mass is 497 g/mol. The van der Waals surface area contributed by atoms with Gasteiger partial charge in [0.2, 0.25) is 5.95 Å². The van der Waals surface area contributed by atoms with Crippen molar-refractivity contribution in [3.05, 3.63) is 51.8 Å². The zero-order valence-electron chi connectivity index (χ0n) is 18.9. The lowest BCUT2D eigenvalue weighted by atomic mass is 10.1. The van der Waals surface area contributed by atoms with Crippen molar-refractivity contribution in [1.82, 2.24) is 15.0 Å². The van der Waals surface area contributed by atoms with Crippen molar-refractivity contribution in [3.63, 3.8) is 0 Å². The predicted molar refractivity (Wildman–Crippen MR) is 136 cm³/mol. The number of thiazole rings is 1. The van der Waals surface area contributed by atoms with Crippen LogP contribution in [0.15, 0.2) is 35.7 Å². The number of nitrogens with zero attached hydrogens (tertiary/aromatic N) is 3. The van der Waals surface area contributed by atoms with Crippen LogP contribution in [0.1, 0.15) is 22.6 Å². The van der Waals surface area contributed by atoms with E-state index < -0.39 is 18.2 Å². The van der Waals surface area contributed by atoms with Gasteiger partial charge in [-0.05, 0) is 49.4 Å². The number of aryl methyl sites for hydroxylation is 2. The number of benzene rings is 1. The summed E-state index contributed by atoms with van der Waals surface area (Å²) < 4.78 is 1.06. The Hall–Kier alpha value is -2.63. The van der Waals surface area contributed by atoms with E-state index in [9.17, 15) is 15.3 Å². The zero-order valence-corrected chi connectivity index (χ0v) is 20.5. The molecular formula is C24H27N5O3S2. The Bertz CT molecular complexity index is 1270. The highest BCUT2D eigenvalue weighted by atomic mass is 32.1. The van der Waals surface area contributed by atoms with Crippen LogP contribution in [0.2, 0.25) is 0 Å². The van der Waals surface area contributed by atoms with E-state index in [-0.39, 0.29) is 12.5 Å². The average Bonchev–Trinajstić information content (AvgIpc) is 3.51. The Kier molecular flexibility index (Phi) is 6.50. The third kappa shape index (κ3) is 4.39. The number of anilines is 2. The van der Waals surface area contributed by atoms with Gasteiger partial charge in [0.1, 0.15) is 16.9 Å². The highest BCUT2D eigenvalue weighted by Gasteiger charge is 2.41. The minimum absolute atomic E-state index is 0.184. The first-order valence-electron chi connectivity index (χ1n) is 11.2. The molecule has 10 heteroatoms. The Morgan fingerprint density at radius 2 is 1.88 bits per heavy atom. The van der Waals surface area contributed by atoms with Crippen LogP contribution in [0, 0.1) is 19.8 Å². The molecule has 5 rings (SSSR count). The van der Waals surface area contributed by atoms with Crippen LogP contribution in [0.3, 0.4) is 0 Å². The number of fused-ring (bicyclic) bond motifs is 1. The fourth-order valence-electron chi connectivity index (χ4n) is 4.36. The predicted octanol–water partition coefficient (Wildman–Crippen LogP) is 3.56. The second-order valence-corrected chi connectivity index (χ2v) is 10.7. The number of rotatable bonds is 7. The molecule has 0 bridgehead atoms. The highest BCUT2D eigenvalue weighted by molar-refractivity contribution is 7.21. The van der Waals surface area contributed by atoms with E-state index in [1.165, 1.54) is 10.4 Å². The maximum Gasteiger partial charge on any atom is 0.225 e. The van der Waals surface area contributed by atoms with Crippen LogP contribution in [0.25, 0.3) is 20.8 Å². The molecule has 4 aromatic rings. The van der Waals surface area contributed by atoms with Crippen molar-refractivity contribution in [2.45, 2.75) is 45.1 Å². The number of hydrogen-bond donors (Lipinski definition) is 5. The van der Waals surface area contributed by atoms with E-state index in [2.05, 4.69) is 29.0 Å². The first-order chi connectivity index (χ1) is 16.4. The van der Waals surface area contributed by atoms with E-state index in [0.717, 1.165) is 26.5 Å². The molecule has 0 spiro atoms. The van der Waals surface area contributed by atoms with Gasteiger partial charge in [0.25, 0.3) is 0 Å². The number of hydrogen-bond acceptors (Lipinski definition) is 10. The minimum Gasteiger partial charge on any atom is -0.396 e. The van der Waals surface area contributed by atoms with Crippen molar-refractivity contribution in [1.29, 1.82) is 0 Å². The van der Waals surface area contributed by atoms with Crippen LogP contribution in [0.4, 0.5) is 11.8 Å². The van der Waals surface area contributed by atoms with Crippen molar-refractivity contribution in [2.75, 3.05) is 17.2 Å². The molecule has 1 aliphatic carbocycles. The molecule has 1 aliphatic rings. The molecule has 5 N–H and O–H groups in total. The molecule has 178 valence electrons. The summed E-state index contributed by atoms with van der Waals surface area (Å²) in [5.74, 6) is 0.636. The molecule has 1 fully saturated rings. The van der Waals surface area contributed by atoms with Gasteiger partial charge in [0, 0.05) is 17.4 Å². The minimum atomic E-state index is -1.01. The molecule has 4 atom stereocenters. The Morgan fingerprint density at radius 1 is 1.06 bits per heavy atom. The SMILES string of the molecule is Cc1ccsc1CNc1nc(C)c(-c2nc3ccccc3s2)c(N[C@@H]2C[C@H](CO)[C@@H](O)[C@H]2O)n1. The molecule has 8 nitrogen and oxygen atoms in total. The molecule has 0 saturated heterocycles. The van der Waals surface area contributed by atoms with Gasteiger partial charge in [-0.3, -0.25) is 0 Å². The van der Waals surface area contributed by atoms with Gasteiger partial charge in [0.05, 0.1) is 40.2 Å². The number of aliphatic hydroxyl groups is 3. The summed E-state index contributed by atoms with van der Waals surface area (Å²) >= 11 is 3.24. The summed E-state index contributed by atoms with van der Waals surface area (Å²) in [4.78, 5) is 15.5. The van der Waals surface area contributed by atoms with E-state index in [4.69, 9.17) is 15.0 Å². The van der Waals surface area contributed by atoms with Gasteiger partial charge in [-0.2, -0.15) is 4.98 Å². The van der Waals surface area contributed by atoms with Crippen LogP contribution < -0.4 is 10.6 Å². The third-order valence-corrected chi connectivity index (χ3v) is 8.41. The quantitative estimate of drug-likeness (QED) is 0.263. The summed E-state index contributed by atoms with van der Waals surface area (Å²) in [6, 6.07) is 9.57. The maximum atomic E-state index is 10.6. The Balaban J connectivity index is 1.52. The standard InChI is InChI=1S/C24H27N5O3S2/c1-12-7-8-33-18(12)10-25-24-26-13(2)19(23-28-15-5-3-4-6-17(15)34-23)22(29-24)27-16-9-14(11-30)20(31)21(16)32/h3-8,14,16,20-21,30-32H,9-11H2,1-2H3,(H2,25,26,27,29)/t14-,16-,20-,21+/m1/s1. The van der Waals surface area contributed by atoms with Gasteiger partial charge in [0.15, 0.2) is 0 Å². The van der Waals surface area contributed by atoms with Gasteiger partial charge in [-0.1, -0.05) is 12.1 Å². The van der Waals surface area contributed by atoms with Gasteiger partial charge in [-0.25, -0.2) is 9.97 Å². The summed E-state index contributed by atoms with van der Waals surface area (Å²) in [6.45, 7) is 4.43. The fourth-order valence-corrected chi connectivity index (χ4v) is 6.27. The van der Waals surface area contributed by atoms with E-state index in [0.29, 0.717) is 24.7 Å². The Labute approximate surface area is 205 Å². The smallest absolute Gasteiger partial charge is 0.225 e. The summed E-state index contributed by atoms with van der Waals surface area (Å²) in [7, 11) is 0. The number of nitrogens with one attached hydrogen (secondary N) is 2. The molecule has 0 unspecified atom stereocenters. The number of thiophene rings is 1. The molecule has 3 heterocycles. The van der Waals surface area contributed by atoms with Crippen molar-refractivity contribution in [3.8, 4) is 10.6 Å². The molecule has 3 aromatic heterocycles. The van der Waals surface area contributed by atoms with Crippen molar-refractivity contribution in [2.24, 2.45) is 5.92 Å². The first kappa shape index (κ1) is 23.1. The van der Waals surface area contributed by atoms with E-state index >= 15 is 0 Å². The van der Waals surface area contributed by atoms with Crippen LogP contribution in [0.5, 0.6) is 0 Å². The van der Waals surface area contributed by atoms with Gasteiger partial charge in [-0.15, -0.1) is 22.7 Å². The first-order valence-corrected chi connectivity index (χ1v) is 12.9.